The van der Waals surface area contributed by atoms with E-state index in [1.54, 1.807) is 4.88 Å². The number of aryl methyl sites for hydroxylation is 1. The molecule has 0 fully saturated rings. The first-order chi connectivity index (χ1) is 9.24. The molecule has 1 aromatic heterocycles. The van der Waals surface area contributed by atoms with Crippen LogP contribution < -0.4 is 0 Å². The Morgan fingerprint density at radius 2 is 1.95 bits per heavy atom. The third kappa shape index (κ3) is 1.58. The summed E-state index contributed by atoms with van der Waals surface area (Å²) in [5, 5.41) is 4.26. The van der Waals surface area contributed by atoms with Crippen LogP contribution in [-0.4, -0.2) is 0 Å². The van der Waals surface area contributed by atoms with Crippen molar-refractivity contribution in [3.8, 4) is 0 Å². The number of benzene rings is 2. The molecule has 94 valence electrons. The summed E-state index contributed by atoms with van der Waals surface area (Å²) in [5.41, 5.74) is 2.85. The summed E-state index contributed by atoms with van der Waals surface area (Å²) in [4.78, 5) is 1.56. The van der Waals surface area contributed by atoms with E-state index in [-0.39, 0.29) is 0 Å². The third-order valence-electron chi connectivity index (χ3n) is 4.12. The van der Waals surface area contributed by atoms with Gasteiger partial charge in [-0.3, -0.25) is 0 Å². The van der Waals surface area contributed by atoms with Crippen molar-refractivity contribution in [1.82, 2.24) is 0 Å². The van der Waals surface area contributed by atoms with E-state index in [0.29, 0.717) is 5.92 Å². The van der Waals surface area contributed by atoms with E-state index in [4.69, 9.17) is 0 Å². The first-order valence-corrected chi connectivity index (χ1v) is 7.67. The van der Waals surface area contributed by atoms with Crippen LogP contribution in [0.5, 0.6) is 0 Å². The summed E-state index contributed by atoms with van der Waals surface area (Å²) < 4.78 is 1.44. The van der Waals surface area contributed by atoms with Gasteiger partial charge in [-0.05, 0) is 47.2 Å². The summed E-state index contributed by atoms with van der Waals surface area (Å²) in [6, 6.07) is 11.2. The van der Waals surface area contributed by atoms with Gasteiger partial charge in [0.1, 0.15) is 0 Å². The maximum absolute atomic E-state index is 2.36. The zero-order valence-corrected chi connectivity index (χ0v) is 12.1. The van der Waals surface area contributed by atoms with Gasteiger partial charge in [-0.2, -0.15) is 0 Å². The normalized spacial score (nSPS) is 18.1. The maximum Gasteiger partial charge on any atom is 0.0361 e. The van der Waals surface area contributed by atoms with Crippen molar-refractivity contribution in [2.75, 3.05) is 0 Å². The lowest BCUT2D eigenvalue weighted by Crippen LogP contribution is -1.99. The average molecular weight is 264 g/mol. The molecule has 2 aromatic carbocycles. The summed E-state index contributed by atoms with van der Waals surface area (Å²) in [6.45, 7) is 4.52. The van der Waals surface area contributed by atoms with Gasteiger partial charge in [-0.15, -0.1) is 11.3 Å². The van der Waals surface area contributed by atoms with Crippen LogP contribution in [0.1, 0.15) is 22.9 Å². The zero-order chi connectivity index (χ0) is 13.0. The fourth-order valence-electron chi connectivity index (χ4n) is 3.16. The van der Waals surface area contributed by atoms with Crippen molar-refractivity contribution in [3.63, 3.8) is 0 Å². The molecule has 4 rings (SSSR count). The number of hydrogen-bond acceptors (Lipinski definition) is 1. The van der Waals surface area contributed by atoms with Gasteiger partial charge in [-0.1, -0.05) is 43.3 Å². The topological polar surface area (TPSA) is 0 Å². The lowest BCUT2D eigenvalue weighted by molar-refractivity contribution is 0.728. The molecule has 0 saturated heterocycles. The average Bonchev–Trinajstić information content (AvgIpc) is 2.76. The molecule has 1 aliphatic rings. The molecule has 1 heteroatoms. The maximum atomic E-state index is 2.36. The van der Waals surface area contributed by atoms with Crippen LogP contribution in [0.25, 0.3) is 26.9 Å². The summed E-state index contributed by atoms with van der Waals surface area (Å²) >= 11 is 1.98. The minimum absolute atomic E-state index is 0.674. The number of rotatable bonds is 0. The quantitative estimate of drug-likeness (QED) is 0.498. The molecule has 1 aliphatic carbocycles. The van der Waals surface area contributed by atoms with Crippen molar-refractivity contribution in [2.24, 2.45) is 5.92 Å². The van der Waals surface area contributed by atoms with Crippen LogP contribution in [0.15, 0.2) is 36.4 Å². The van der Waals surface area contributed by atoms with Crippen molar-refractivity contribution in [1.29, 1.82) is 0 Å². The first kappa shape index (κ1) is 11.2. The molecule has 0 aliphatic heterocycles. The molecule has 0 saturated carbocycles. The fourth-order valence-corrected chi connectivity index (χ4v) is 4.61. The fraction of sp³-hybridized carbons (Fsp3) is 0.222. The lowest BCUT2D eigenvalue weighted by atomic mass is 9.93. The standard InChI is InChI=1S/C18H16S/c1-11-7-8-15-16(9-11)19-17-10-12(2)13-5-3-4-6-14(13)18(15)17/h3-8,10-11H,9H2,1-2H3. The molecule has 0 bridgehead atoms. The van der Waals surface area contributed by atoms with Gasteiger partial charge in [0.05, 0.1) is 0 Å². The van der Waals surface area contributed by atoms with Crippen LogP contribution in [0.3, 0.4) is 0 Å². The van der Waals surface area contributed by atoms with Gasteiger partial charge in [0.25, 0.3) is 0 Å². The molecule has 0 N–H and O–H groups in total. The second-order valence-electron chi connectivity index (χ2n) is 5.59. The molecule has 0 radical (unpaired) electrons. The highest BCUT2D eigenvalue weighted by Gasteiger charge is 2.18. The van der Waals surface area contributed by atoms with E-state index in [1.165, 1.54) is 38.4 Å². The van der Waals surface area contributed by atoms with Crippen molar-refractivity contribution in [2.45, 2.75) is 20.3 Å². The largest absolute Gasteiger partial charge is 0.140 e. The SMILES string of the molecule is Cc1cc2sc3c(c2c2ccccc12)C=CC(C)C3. The highest BCUT2D eigenvalue weighted by Crippen LogP contribution is 2.41. The smallest absolute Gasteiger partial charge is 0.0361 e. The molecule has 19 heavy (non-hydrogen) atoms. The van der Waals surface area contributed by atoms with E-state index in [1.807, 2.05) is 11.3 Å². The van der Waals surface area contributed by atoms with E-state index in [9.17, 15) is 0 Å². The van der Waals surface area contributed by atoms with Crippen LogP contribution in [0.2, 0.25) is 0 Å². The van der Waals surface area contributed by atoms with Crippen LogP contribution in [0.4, 0.5) is 0 Å². The second kappa shape index (κ2) is 3.94. The number of thiophene rings is 1. The van der Waals surface area contributed by atoms with Crippen molar-refractivity contribution < 1.29 is 0 Å². The Kier molecular flexibility index (Phi) is 2.33. The highest BCUT2D eigenvalue weighted by atomic mass is 32.1. The number of fused-ring (bicyclic) bond motifs is 5. The Balaban J connectivity index is 2.20. The summed E-state index contributed by atoms with van der Waals surface area (Å²) in [7, 11) is 0. The number of allylic oxidation sites excluding steroid dienone is 1. The van der Waals surface area contributed by atoms with E-state index >= 15 is 0 Å². The van der Waals surface area contributed by atoms with Crippen LogP contribution in [-0.2, 0) is 6.42 Å². The van der Waals surface area contributed by atoms with Gasteiger partial charge < -0.3 is 0 Å². The van der Waals surface area contributed by atoms with E-state index < -0.39 is 0 Å². The van der Waals surface area contributed by atoms with E-state index in [2.05, 4.69) is 56.3 Å². The summed E-state index contributed by atoms with van der Waals surface area (Å²) in [5.74, 6) is 0.674. The monoisotopic (exact) mass is 264 g/mol. The highest BCUT2D eigenvalue weighted by molar-refractivity contribution is 7.19. The van der Waals surface area contributed by atoms with Gasteiger partial charge in [0.15, 0.2) is 0 Å². The Morgan fingerprint density at radius 1 is 1.16 bits per heavy atom. The molecular weight excluding hydrogens is 248 g/mol. The molecule has 1 heterocycles. The minimum Gasteiger partial charge on any atom is -0.140 e. The molecular formula is C18H16S. The molecule has 0 nitrogen and oxygen atoms in total. The molecule has 1 unspecified atom stereocenters. The summed E-state index contributed by atoms with van der Waals surface area (Å²) in [6.07, 6.45) is 5.88. The van der Waals surface area contributed by atoms with Crippen molar-refractivity contribution in [3.05, 3.63) is 52.4 Å². The predicted octanol–water partition coefficient (Wildman–Crippen LogP) is 5.57. The Labute approximate surface area is 117 Å². The molecule has 0 amide bonds. The third-order valence-corrected chi connectivity index (χ3v) is 5.29. The van der Waals surface area contributed by atoms with Gasteiger partial charge in [0, 0.05) is 15.0 Å². The predicted molar refractivity (Wildman–Crippen MR) is 86.0 cm³/mol. The Hall–Kier alpha value is -1.60. The van der Waals surface area contributed by atoms with Gasteiger partial charge in [0.2, 0.25) is 0 Å². The lowest BCUT2D eigenvalue weighted by Gasteiger charge is -2.12. The zero-order valence-electron chi connectivity index (χ0n) is 11.2. The molecule has 1 atom stereocenters. The van der Waals surface area contributed by atoms with Gasteiger partial charge in [-0.25, -0.2) is 0 Å². The Bertz CT molecular complexity index is 820. The molecule has 0 spiro atoms. The minimum atomic E-state index is 0.674. The molecule has 3 aromatic rings. The van der Waals surface area contributed by atoms with Gasteiger partial charge >= 0.3 is 0 Å². The second-order valence-corrected chi connectivity index (χ2v) is 6.73. The van der Waals surface area contributed by atoms with Crippen LogP contribution >= 0.6 is 11.3 Å². The Morgan fingerprint density at radius 3 is 2.79 bits per heavy atom. The van der Waals surface area contributed by atoms with Crippen molar-refractivity contribution >= 4 is 38.3 Å². The first-order valence-electron chi connectivity index (χ1n) is 6.86. The van der Waals surface area contributed by atoms with E-state index in [0.717, 1.165) is 0 Å². The van der Waals surface area contributed by atoms with Crippen LogP contribution in [0, 0.1) is 12.8 Å². The number of hydrogen-bond donors (Lipinski definition) is 0.